The molecule has 1 atom stereocenters. The smallest absolute Gasteiger partial charge is 0.272 e. The van der Waals surface area contributed by atoms with E-state index in [-0.39, 0.29) is 17.8 Å². The second-order valence-electron chi connectivity index (χ2n) is 7.07. The molecule has 0 radical (unpaired) electrons. The van der Waals surface area contributed by atoms with Gasteiger partial charge < -0.3 is 5.32 Å². The Labute approximate surface area is 158 Å². The molecule has 1 N–H and O–H groups in total. The van der Waals surface area contributed by atoms with Crippen molar-refractivity contribution in [3.63, 3.8) is 0 Å². The maximum absolute atomic E-state index is 13.3. The van der Waals surface area contributed by atoms with Crippen LogP contribution in [0.15, 0.2) is 48.5 Å². The van der Waals surface area contributed by atoms with Crippen LogP contribution < -0.4 is 5.32 Å². The molecule has 0 bridgehead atoms. The van der Waals surface area contributed by atoms with Gasteiger partial charge in [-0.3, -0.25) is 4.79 Å². The molecule has 3 aromatic rings. The zero-order chi connectivity index (χ0) is 19.0. The number of hydrogen-bond acceptors (Lipinski definition) is 2. The SMILES string of the molecule is Cc1ccccc1[C@@H](C)NC(=O)c1nn(-c2ccc(F)cc2)c2c1CCC2. The molecule has 1 aliphatic carbocycles. The van der Waals surface area contributed by atoms with Crippen molar-refractivity contribution in [2.75, 3.05) is 0 Å². The number of benzene rings is 2. The van der Waals surface area contributed by atoms with Crippen molar-refractivity contribution in [1.29, 1.82) is 0 Å². The fraction of sp³-hybridized carbons (Fsp3) is 0.273. The molecule has 1 aromatic heterocycles. The van der Waals surface area contributed by atoms with E-state index in [1.807, 2.05) is 38.1 Å². The number of amides is 1. The monoisotopic (exact) mass is 363 g/mol. The van der Waals surface area contributed by atoms with E-state index in [1.54, 1.807) is 16.8 Å². The zero-order valence-electron chi connectivity index (χ0n) is 15.5. The standard InChI is InChI=1S/C22H22FN3O/c1-14-6-3-4-7-18(14)15(2)24-22(27)21-19-8-5-9-20(19)26(25-21)17-12-10-16(23)11-13-17/h3-4,6-7,10-13,15H,5,8-9H2,1-2H3,(H,24,27)/t15-/m1/s1. The number of aryl methyl sites for hydroxylation is 1. The van der Waals surface area contributed by atoms with Gasteiger partial charge in [0.05, 0.1) is 11.7 Å². The Morgan fingerprint density at radius 1 is 1.15 bits per heavy atom. The normalized spacial score (nSPS) is 14.0. The van der Waals surface area contributed by atoms with Gasteiger partial charge in [0.1, 0.15) is 5.82 Å². The maximum Gasteiger partial charge on any atom is 0.272 e. The Bertz CT molecular complexity index is 991. The van der Waals surface area contributed by atoms with E-state index >= 15 is 0 Å². The van der Waals surface area contributed by atoms with Gasteiger partial charge in [-0.25, -0.2) is 9.07 Å². The van der Waals surface area contributed by atoms with Crippen LogP contribution in [0.4, 0.5) is 4.39 Å². The van der Waals surface area contributed by atoms with Crippen LogP contribution in [0.2, 0.25) is 0 Å². The third-order valence-corrected chi connectivity index (χ3v) is 5.22. The summed E-state index contributed by atoms with van der Waals surface area (Å²) in [4.78, 5) is 13.0. The van der Waals surface area contributed by atoms with Crippen LogP contribution >= 0.6 is 0 Å². The molecular formula is C22H22FN3O. The van der Waals surface area contributed by atoms with Crippen LogP contribution in [0.25, 0.3) is 5.69 Å². The average molecular weight is 363 g/mol. The molecule has 2 aromatic carbocycles. The second-order valence-corrected chi connectivity index (χ2v) is 7.07. The van der Waals surface area contributed by atoms with Gasteiger partial charge in [0.2, 0.25) is 0 Å². The highest BCUT2D eigenvalue weighted by atomic mass is 19.1. The molecule has 1 amide bonds. The van der Waals surface area contributed by atoms with Gasteiger partial charge in [-0.15, -0.1) is 0 Å². The molecule has 1 heterocycles. The van der Waals surface area contributed by atoms with Gasteiger partial charge in [0, 0.05) is 11.3 Å². The molecule has 1 aliphatic rings. The van der Waals surface area contributed by atoms with E-state index in [1.165, 1.54) is 12.1 Å². The first-order valence-electron chi connectivity index (χ1n) is 9.27. The molecule has 0 spiro atoms. The van der Waals surface area contributed by atoms with Crippen molar-refractivity contribution in [2.45, 2.75) is 39.2 Å². The average Bonchev–Trinajstić information content (AvgIpc) is 3.25. The largest absolute Gasteiger partial charge is 0.344 e. The summed E-state index contributed by atoms with van der Waals surface area (Å²) in [6, 6.07) is 14.2. The molecule has 5 heteroatoms. The van der Waals surface area contributed by atoms with Gasteiger partial charge in [-0.05, 0) is 68.5 Å². The summed E-state index contributed by atoms with van der Waals surface area (Å²) in [5.74, 6) is -0.447. The van der Waals surface area contributed by atoms with Gasteiger partial charge in [-0.1, -0.05) is 24.3 Å². The van der Waals surface area contributed by atoms with Gasteiger partial charge in [0.25, 0.3) is 5.91 Å². The highest BCUT2D eigenvalue weighted by Crippen LogP contribution is 2.28. The van der Waals surface area contributed by atoms with Crippen molar-refractivity contribution >= 4 is 5.91 Å². The zero-order valence-corrected chi connectivity index (χ0v) is 15.5. The Balaban J connectivity index is 1.64. The molecule has 4 nitrogen and oxygen atoms in total. The predicted molar refractivity (Wildman–Crippen MR) is 103 cm³/mol. The lowest BCUT2D eigenvalue weighted by atomic mass is 10.0. The third-order valence-electron chi connectivity index (χ3n) is 5.22. The summed E-state index contributed by atoms with van der Waals surface area (Å²) in [6.07, 6.45) is 2.72. The van der Waals surface area contributed by atoms with Crippen LogP contribution in [-0.2, 0) is 12.8 Å². The number of carbonyl (C=O) groups is 1. The van der Waals surface area contributed by atoms with E-state index in [0.717, 1.165) is 47.3 Å². The number of aromatic nitrogens is 2. The molecule has 0 unspecified atom stereocenters. The molecule has 0 saturated heterocycles. The first-order chi connectivity index (χ1) is 13.0. The second kappa shape index (κ2) is 6.99. The number of nitrogens with zero attached hydrogens (tertiary/aromatic N) is 2. The number of rotatable bonds is 4. The highest BCUT2D eigenvalue weighted by Gasteiger charge is 2.27. The summed E-state index contributed by atoms with van der Waals surface area (Å²) in [6.45, 7) is 4.02. The van der Waals surface area contributed by atoms with Crippen molar-refractivity contribution in [1.82, 2.24) is 15.1 Å². The molecule has 138 valence electrons. The molecule has 4 rings (SSSR count). The van der Waals surface area contributed by atoms with E-state index in [0.29, 0.717) is 5.69 Å². The summed E-state index contributed by atoms with van der Waals surface area (Å²) < 4.78 is 15.0. The molecule has 0 saturated carbocycles. The number of hydrogen-bond donors (Lipinski definition) is 1. The number of halogens is 1. The Hall–Kier alpha value is -2.95. The fourth-order valence-corrected chi connectivity index (χ4v) is 3.83. The summed E-state index contributed by atoms with van der Waals surface area (Å²) in [5.41, 5.74) is 5.56. The first-order valence-corrected chi connectivity index (χ1v) is 9.27. The summed E-state index contributed by atoms with van der Waals surface area (Å²) >= 11 is 0. The minimum absolute atomic E-state index is 0.105. The van der Waals surface area contributed by atoms with Crippen molar-refractivity contribution in [3.05, 3.63) is 82.4 Å². The lowest BCUT2D eigenvalue weighted by Gasteiger charge is -2.16. The molecular weight excluding hydrogens is 341 g/mol. The van der Waals surface area contributed by atoms with Crippen molar-refractivity contribution in [2.24, 2.45) is 0 Å². The quantitative estimate of drug-likeness (QED) is 0.751. The number of nitrogens with one attached hydrogen (secondary N) is 1. The Kier molecular flexibility index (Phi) is 4.52. The number of carbonyl (C=O) groups excluding carboxylic acids is 1. The Morgan fingerprint density at radius 2 is 1.89 bits per heavy atom. The van der Waals surface area contributed by atoms with Gasteiger partial charge >= 0.3 is 0 Å². The third kappa shape index (κ3) is 3.25. The fourth-order valence-electron chi connectivity index (χ4n) is 3.83. The van der Waals surface area contributed by atoms with E-state index in [4.69, 9.17) is 0 Å². The molecule has 0 aliphatic heterocycles. The number of fused-ring (bicyclic) bond motifs is 1. The maximum atomic E-state index is 13.3. The van der Waals surface area contributed by atoms with E-state index in [2.05, 4.69) is 10.4 Å². The lowest BCUT2D eigenvalue weighted by Crippen LogP contribution is -2.28. The predicted octanol–water partition coefficient (Wildman–Crippen LogP) is 4.30. The topological polar surface area (TPSA) is 46.9 Å². The summed E-state index contributed by atoms with van der Waals surface area (Å²) in [5, 5.41) is 7.67. The van der Waals surface area contributed by atoms with Crippen LogP contribution in [0.1, 0.15) is 52.3 Å². The summed E-state index contributed by atoms with van der Waals surface area (Å²) in [7, 11) is 0. The first kappa shape index (κ1) is 17.5. The molecule has 0 fully saturated rings. The van der Waals surface area contributed by atoms with Crippen molar-refractivity contribution < 1.29 is 9.18 Å². The van der Waals surface area contributed by atoms with Gasteiger partial charge in [0.15, 0.2) is 5.69 Å². The minimum atomic E-state index is -0.285. The van der Waals surface area contributed by atoms with Crippen LogP contribution in [0.3, 0.4) is 0 Å². The van der Waals surface area contributed by atoms with E-state index in [9.17, 15) is 9.18 Å². The van der Waals surface area contributed by atoms with Crippen LogP contribution in [0, 0.1) is 12.7 Å². The minimum Gasteiger partial charge on any atom is -0.344 e. The van der Waals surface area contributed by atoms with Crippen LogP contribution in [-0.4, -0.2) is 15.7 Å². The van der Waals surface area contributed by atoms with Gasteiger partial charge in [-0.2, -0.15) is 5.10 Å². The highest BCUT2D eigenvalue weighted by molar-refractivity contribution is 5.94. The van der Waals surface area contributed by atoms with E-state index < -0.39 is 0 Å². The lowest BCUT2D eigenvalue weighted by molar-refractivity contribution is 0.0933. The molecule has 27 heavy (non-hydrogen) atoms. The van der Waals surface area contributed by atoms with Crippen molar-refractivity contribution in [3.8, 4) is 5.69 Å². The van der Waals surface area contributed by atoms with Crippen LogP contribution in [0.5, 0.6) is 0 Å². The Morgan fingerprint density at radius 3 is 2.63 bits per heavy atom.